The molecule has 0 fully saturated rings. The Hall–Kier alpha value is -0.0400. The van der Waals surface area contributed by atoms with E-state index >= 15 is 0 Å². The predicted octanol–water partition coefficient (Wildman–Crippen LogP) is 3.40. The third kappa shape index (κ3) is 6.66. The van der Waals surface area contributed by atoms with Crippen LogP contribution >= 0.6 is 11.6 Å². The summed E-state index contributed by atoms with van der Waals surface area (Å²) < 4.78 is 0. The van der Waals surface area contributed by atoms with Crippen LogP contribution in [0, 0.1) is 5.92 Å². The van der Waals surface area contributed by atoms with E-state index in [2.05, 4.69) is 6.92 Å². The summed E-state index contributed by atoms with van der Waals surface area (Å²) in [7, 11) is 0. The molecule has 0 bridgehead atoms. The summed E-state index contributed by atoms with van der Waals surface area (Å²) in [5.41, 5.74) is 0. The van der Waals surface area contributed by atoms with E-state index in [1.807, 2.05) is 0 Å². The third-order valence-corrected chi connectivity index (χ3v) is 2.44. The lowest BCUT2D eigenvalue weighted by Gasteiger charge is -2.05. The average Bonchev–Trinajstić information content (AvgIpc) is 2.11. The molecule has 0 aliphatic carbocycles. The molecular weight excluding hydrogens is 172 g/mol. The Morgan fingerprint density at radius 3 is 2.42 bits per heavy atom. The molecule has 0 aliphatic rings. The summed E-state index contributed by atoms with van der Waals surface area (Å²) in [6, 6.07) is 0. The van der Waals surface area contributed by atoms with Crippen LogP contribution in [0.15, 0.2) is 0 Å². The number of rotatable bonds is 8. The smallest absolute Gasteiger partial charge is 0.123 e. The van der Waals surface area contributed by atoms with Crippen molar-refractivity contribution in [3.63, 3.8) is 0 Å². The predicted molar refractivity (Wildman–Crippen MR) is 53.7 cm³/mol. The van der Waals surface area contributed by atoms with Crippen LogP contribution < -0.4 is 0 Å². The van der Waals surface area contributed by atoms with Gasteiger partial charge in [-0.15, -0.1) is 11.6 Å². The van der Waals surface area contributed by atoms with E-state index in [0.29, 0.717) is 5.92 Å². The Labute approximate surface area is 80.5 Å². The minimum Gasteiger partial charge on any atom is -0.303 e. The molecule has 0 rings (SSSR count). The van der Waals surface area contributed by atoms with E-state index in [0.717, 1.165) is 31.4 Å². The molecule has 0 aromatic rings. The van der Waals surface area contributed by atoms with E-state index < -0.39 is 0 Å². The van der Waals surface area contributed by atoms with Crippen molar-refractivity contribution in [3.8, 4) is 0 Å². The molecule has 0 heterocycles. The average molecular weight is 191 g/mol. The maximum Gasteiger partial charge on any atom is 0.123 e. The van der Waals surface area contributed by atoms with Crippen molar-refractivity contribution in [2.24, 2.45) is 5.92 Å². The van der Waals surface area contributed by atoms with Gasteiger partial charge in [-0.3, -0.25) is 0 Å². The monoisotopic (exact) mass is 190 g/mol. The second kappa shape index (κ2) is 9.05. The number of aldehydes is 1. The molecule has 1 atom stereocenters. The summed E-state index contributed by atoms with van der Waals surface area (Å²) >= 11 is 5.54. The lowest BCUT2D eigenvalue weighted by Crippen LogP contribution is -1.99. The summed E-state index contributed by atoms with van der Waals surface area (Å²) in [4.78, 5) is 10.4. The Morgan fingerprint density at radius 2 is 1.92 bits per heavy atom. The highest BCUT2D eigenvalue weighted by atomic mass is 35.5. The molecule has 0 saturated carbocycles. The molecule has 0 aliphatic heterocycles. The van der Waals surface area contributed by atoms with Crippen LogP contribution in [0.1, 0.15) is 45.4 Å². The van der Waals surface area contributed by atoms with Crippen molar-refractivity contribution in [2.75, 3.05) is 5.88 Å². The topological polar surface area (TPSA) is 17.1 Å². The van der Waals surface area contributed by atoms with Crippen molar-refractivity contribution in [3.05, 3.63) is 0 Å². The van der Waals surface area contributed by atoms with Gasteiger partial charge in [0.25, 0.3) is 0 Å². The molecule has 0 radical (unpaired) electrons. The van der Waals surface area contributed by atoms with Crippen molar-refractivity contribution in [2.45, 2.75) is 45.4 Å². The maximum atomic E-state index is 10.4. The second-order valence-corrected chi connectivity index (χ2v) is 3.57. The van der Waals surface area contributed by atoms with Gasteiger partial charge in [0.2, 0.25) is 0 Å². The van der Waals surface area contributed by atoms with E-state index in [1.54, 1.807) is 0 Å². The molecule has 12 heavy (non-hydrogen) atoms. The van der Waals surface area contributed by atoms with Gasteiger partial charge in [0.1, 0.15) is 6.29 Å². The van der Waals surface area contributed by atoms with Crippen LogP contribution in [0.4, 0.5) is 0 Å². The van der Waals surface area contributed by atoms with Crippen molar-refractivity contribution in [1.29, 1.82) is 0 Å². The van der Waals surface area contributed by atoms with E-state index in [1.165, 1.54) is 19.3 Å². The fraction of sp³-hybridized carbons (Fsp3) is 0.900. The Balaban J connectivity index is 3.12. The number of carbonyl (C=O) groups excluding carboxylic acids is 1. The maximum absolute atomic E-state index is 10.4. The van der Waals surface area contributed by atoms with Crippen LogP contribution in [-0.2, 0) is 4.79 Å². The molecule has 1 unspecified atom stereocenters. The molecule has 0 N–H and O–H groups in total. The van der Waals surface area contributed by atoms with Gasteiger partial charge >= 0.3 is 0 Å². The minimum atomic E-state index is 0.293. The molecular formula is C10H19ClO. The highest BCUT2D eigenvalue weighted by Crippen LogP contribution is 2.11. The summed E-state index contributed by atoms with van der Waals surface area (Å²) in [5, 5.41) is 0. The molecule has 72 valence electrons. The number of carbonyl (C=O) groups is 1. The highest BCUT2D eigenvalue weighted by molar-refractivity contribution is 6.17. The molecule has 2 heteroatoms. The molecule has 0 amide bonds. The van der Waals surface area contributed by atoms with Gasteiger partial charge in [-0.05, 0) is 19.3 Å². The zero-order valence-electron chi connectivity index (χ0n) is 7.89. The van der Waals surface area contributed by atoms with Crippen LogP contribution in [0.5, 0.6) is 0 Å². The fourth-order valence-electron chi connectivity index (χ4n) is 1.22. The first-order valence-electron chi connectivity index (χ1n) is 4.86. The van der Waals surface area contributed by atoms with Gasteiger partial charge in [0.05, 0.1) is 0 Å². The normalized spacial score (nSPS) is 12.8. The lowest BCUT2D eigenvalue weighted by molar-refractivity contribution is -0.111. The Kier molecular flexibility index (Phi) is 9.02. The van der Waals surface area contributed by atoms with E-state index in [-0.39, 0.29) is 0 Å². The summed E-state index contributed by atoms with van der Waals surface area (Å²) in [6.07, 6.45) is 7.84. The zero-order chi connectivity index (χ0) is 9.23. The van der Waals surface area contributed by atoms with Gasteiger partial charge in [0, 0.05) is 11.8 Å². The first-order chi connectivity index (χ1) is 5.85. The van der Waals surface area contributed by atoms with E-state index in [4.69, 9.17) is 11.6 Å². The van der Waals surface area contributed by atoms with Crippen LogP contribution in [0.2, 0.25) is 0 Å². The largest absolute Gasteiger partial charge is 0.303 e. The van der Waals surface area contributed by atoms with Gasteiger partial charge in [-0.25, -0.2) is 0 Å². The third-order valence-electron chi connectivity index (χ3n) is 2.18. The van der Waals surface area contributed by atoms with Crippen LogP contribution in [-0.4, -0.2) is 12.2 Å². The van der Waals surface area contributed by atoms with E-state index in [9.17, 15) is 4.79 Å². The summed E-state index contributed by atoms with van der Waals surface area (Å²) in [5.74, 6) is 1.06. The Morgan fingerprint density at radius 1 is 1.25 bits per heavy atom. The van der Waals surface area contributed by atoms with Crippen molar-refractivity contribution in [1.82, 2.24) is 0 Å². The quantitative estimate of drug-likeness (QED) is 0.326. The molecule has 0 saturated heterocycles. The van der Waals surface area contributed by atoms with Gasteiger partial charge in [0.15, 0.2) is 0 Å². The number of hydrogen-bond acceptors (Lipinski definition) is 1. The van der Waals surface area contributed by atoms with Crippen molar-refractivity contribution < 1.29 is 4.79 Å². The lowest BCUT2D eigenvalue weighted by atomic mass is 10.00. The highest BCUT2D eigenvalue weighted by Gasteiger charge is 2.02. The van der Waals surface area contributed by atoms with Crippen LogP contribution in [0.25, 0.3) is 0 Å². The first kappa shape index (κ1) is 12.0. The number of alkyl halides is 1. The molecule has 0 aromatic heterocycles. The standard InChI is InChI=1S/C10H19ClO/c1-2-10(9-12)7-5-3-4-6-8-11/h9-10H,2-8H2,1H3. The Bertz CT molecular complexity index is 104. The second-order valence-electron chi connectivity index (χ2n) is 3.20. The number of unbranched alkanes of at least 4 members (excludes halogenated alkanes) is 3. The van der Waals surface area contributed by atoms with Gasteiger partial charge in [-0.1, -0.05) is 26.2 Å². The van der Waals surface area contributed by atoms with Crippen molar-refractivity contribution >= 4 is 17.9 Å². The van der Waals surface area contributed by atoms with Crippen LogP contribution in [0.3, 0.4) is 0 Å². The van der Waals surface area contributed by atoms with Gasteiger partial charge < -0.3 is 4.79 Å². The minimum absolute atomic E-state index is 0.293. The number of hydrogen-bond donors (Lipinski definition) is 0. The molecule has 0 spiro atoms. The fourth-order valence-corrected chi connectivity index (χ4v) is 1.41. The summed E-state index contributed by atoms with van der Waals surface area (Å²) in [6.45, 7) is 2.07. The molecule has 0 aromatic carbocycles. The molecule has 1 nitrogen and oxygen atoms in total. The zero-order valence-corrected chi connectivity index (χ0v) is 8.65. The number of halogens is 1. The first-order valence-corrected chi connectivity index (χ1v) is 5.39. The SMILES string of the molecule is CCC(C=O)CCCCCCCl. The van der Waals surface area contributed by atoms with Gasteiger partial charge in [-0.2, -0.15) is 0 Å².